The highest BCUT2D eigenvalue weighted by Crippen LogP contribution is 2.36. The number of benzene rings is 2. The number of likely N-dealkylation sites (N-methyl/N-ethyl adjacent to an activating group) is 1. The van der Waals surface area contributed by atoms with Gasteiger partial charge in [-0.15, -0.1) is 0 Å². The summed E-state index contributed by atoms with van der Waals surface area (Å²) in [6.45, 7) is 3.04. The third-order valence-electron chi connectivity index (χ3n) is 5.09. The number of halogens is 5. The van der Waals surface area contributed by atoms with Crippen LogP contribution in [0.5, 0.6) is 0 Å². The average Bonchev–Trinajstić information content (AvgIpc) is 2.72. The van der Waals surface area contributed by atoms with E-state index in [4.69, 9.17) is 21.7 Å². The first-order chi connectivity index (χ1) is 14.2. The van der Waals surface area contributed by atoms with Gasteiger partial charge in [0.2, 0.25) is 0 Å². The van der Waals surface area contributed by atoms with Crippen LogP contribution in [-0.2, 0) is 17.6 Å². The van der Waals surface area contributed by atoms with Gasteiger partial charge >= 0.3 is 6.18 Å². The molecule has 30 heavy (non-hydrogen) atoms. The quantitative estimate of drug-likeness (QED) is 0.582. The number of nitrogens with zero attached hydrogens (tertiary/aromatic N) is 3. The van der Waals surface area contributed by atoms with E-state index >= 15 is 0 Å². The number of rotatable bonds is 5. The minimum Gasteiger partial charge on any atom is -0.363 e. The summed E-state index contributed by atoms with van der Waals surface area (Å²) < 4.78 is 55.1. The molecule has 9 heteroatoms. The molecule has 4 nitrogen and oxygen atoms in total. The van der Waals surface area contributed by atoms with Crippen molar-refractivity contribution in [2.24, 2.45) is 0 Å². The summed E-state index contributed by atoms with van der Waals surface area (Å²) in [5.41, 5.74) is -0.672. The molecule has 0 saturated carbocycles. The van der Waals surface area contributed by atoms with E-state index in [9.17, 15) is 17.6 Å². The minimum atomic E-state index is -4.68. The summed E-state index contributed by atoms with van der Waals surface area (Å²) in [5.74, 6) is -0.922. The summed E-state index contributed by atoms with van der Waals surface area (Å²) >= 11 is 6.17. The van der Waals surface area contributed by atoms with Gasteiger partial charge in [-0.25, -0.2) is 4.39 Å². The topological polar surface area (TPSA) is 39.5 Å². The lowest BCUT2D eigenvalue weighted by Crippen LogP contribution is -2.48. The van der Waals surface area contributed by atoms with Crippen LogP contribution in [0.15, 0.2) is 36.4 Å². The second-order valence-corrected chi connectivity index (χ2v) is 7.33. The van der Waals surface area contributed by atoms with Crippen LogP contribution >= 0.6 is 11.6 Å². The van der Waals surface area contributed by atoms with E-state index in [1.807, 2.05) is 13.0 Å². The monoisotopic (exact) mass is 441 g/mol. The van der Waals surface area contributed by atoms with E-state index in [0.717, 1.165) is 18.2 Å². The Balaban J connectivity index is 2.05. The van der Waals surface area contributed by atoms with E-state index < -0.39 is 23.1 Å². The number of alkyl halides is 3. The van der Waals surface area contributed by atoms with Gasteiger partial charge in [0.05, 0.1) is 22.8 Å². The van der Waals surface area contributed by atoms with Crippen molar-refractivity contribution >= 4 is 17.3 Å². The first kappa shape index (κ1) is 22.3. The summed E-state index contributed by atoms with van der Waals surface area (Å²) in [6, 6.07) is 9.33. The standard InChI is InChI=1S/C21H20ClF4N3O/c1-2-28-12-16(8-9-30-28)29(15-7-6-14(11-27)19(22)10-15)13-17-18(21(24,25)26)4-3-5-20(17)23/h3-7,10,16H,2,8-9,12-13H2,1H3/t16-/m0/s1. The number of nitriles is 1. The van der Waals surface area contributed by atoms with Crippen molar-refractivity contribution in [3.63, 3.8) is 0 Å². The Morgan fingerprint density at radius 2 is 2.07 bits per heavy atom. The van der Waals surface area contributed by atoms with Gasteiger partial charge in [-0.05, 0) is 36.8 Å². The van der Waals surface area contributed by atoms with Crippen LogP contribution in [0.2, 0.25) is 5.02 Å². The molecule has 1 aliphatic rings. The molecule has 1 saturated heterocycles. The van der Waals surface area contributed by atoms with E-state index in [2.05, 4.69) is 0 Å². The highest BCUT2D eigenvalue weighted by atomic mass is 35.5. The average molecular weight is 442 g/mol. The molecule has 2 aromatic rings. The molecular weight excluding hydrogens is 422 g/mol. The second-order valence-electron chi connectivity index (χ2n) is 6.92. The Bertz CT molecular complexity index is 945. The maximum absolute atomic E-state index is 14.5. The summed E-state index contributed by atoms with van der Waals surface area (Å²) in [5, 5.41) is 11.0. The molecule has 0 unspecified atom stereocenters. The normalized spacial score (nSPS) is 17.6. The SMILES string of the molecule is CCN1C[C@@H](N(Cc2c(F)cccc2C(F)(F)F)c2ccc(C#N)c(Cl)c2)CCO1. The van der Waals surface area contributed by atoms with Gasteiger partial charge in [-0.3, -0.25) is 4.84 Å². The molecule has 0 radical (unpaired) electrons. The van der Waals surface area contributed by atoms with Crippen molar-refractivity contribution in [2.45, 2.75) is 32.1 Å². The highest BCUT2D eigenvalue weighted by Gasteiger charge is 2.36. The molecule has 0 aromatic heterocycles. The fourth-order valence-corrected chi connectivity index (χ4v) is 3.75. The maximum atomic E-state index is 14.5. The van der Waals surface area contributed by atoms with E-state index in [1.165, 1.54) is 12.1 Å². The molecule has 0 amide bonds. The third kappa shape index (κ3) is 4.86. The summed E-state index contributed by atoms with van der Waals surface area (Å²) in [4.78, 5) is 7.24. The van der Waals surface area contributed by atoms with Crippen LogP contribution in [0.25, 0.3) is 0 Å². The molecule has 1 atom stereocenters. The van der Waals surface area contributed by atoms with Gasteiger partial charge in [-0.2, -0.15) is 23.5 Å². The van der Waals surface area contributed by atoms with Crippen LogP contribution in [0.3, 0.4) is 0 Å². The van der Waals surface area contributed by atoms with E-state index in [1.54, 1.807) is 16.0 Å². The van der Waals surface area contributed by atoms with E-state index in [0.29, 0.717) is 31.8 Å². The summed E-state index contributed by atoms with van der Waals surface area (Å²) in [6.07, 6.45) is -4.14. The lowest BCUT2D eigenvalue weighted by molar-refractivity contribution is -0.182. The van der Waals surface area contributed by atoms with Crippen molar-refractivity contribution in [3.05, 3.63) is 63.9 Å². The predicted molar refractivity (Wildman–Crippen MR) is 105 cm³/mol. The molecule has 2 aromatic carbocycles. The van der Waals surface area contributed by atoms with Crippen molar-refractivity contribution in [2.75, 3.05) is 24.6 Å². The first-order valence-corrected chi connectivity index (χ1v) is 9.81. The molecule has 0 aliphatic carbocycles. The molecular formula is C21H20ClF4N3O. The van der Waals surface area contributed by atoms with Crippen LogP contribution < -0.4 is 4.90 Å². The summed E-state index contributed by atoms with van der Waals surface area (Å²) in [7, 11) is 0. The highest BCUT2D eigenvalue weighted by molar-refractivity contribution is 6.32. The van der Waals surface area contributed by atoms with E-state index in [-0.39, 0.29) is 23.2 Å². The first-order valence-electron chi connectivity index (χ1n) is 9.43. The lowest BCUT2D eigenvalue weighted by atomic mass is 10.0. The number of hydrogen-bond acceptors (Lipinski definition) is 4. The van der Waals surface area contributed by atoms with Gasteiger partial charge in [0.1, 0.15) is 11.9 Å². The Labute approximate surface area is 177 Å². The second kappa shape index (κ2) is 9.21. The molecule has 0 N–H and O–H groups in total. The molecule has 0 spiro atoms. The molecule has 1 heterocycles. The zero-order chi connectivity index (χ0) is 21.9. The van der Waals surface area contributed by atoms with Crippen molar-refractivity contribution in [1.29, 1.82) is 5.26 Å². The maximum Gasteiger partial charge on any atom is 0.416 e. The molecule has 1 fully saturated rings. The van der Waals surface area contributed by atoms with Gasteiger partial charge in [0.25, 0.3) is 0 Å². The van der Waals surface area contributed by atoms with Gasteiger partial charge < -0.3 is 4.90 Å². The van der Waals surface area contributed by atoms with Crippen LogP contribution in [-0.4, -0.2) is 30.8 Å². The number of hydrogen-bond donors (Lipinski definition) is 0. The minimum absolute atomic E-state index is 0.184. The van der Waals surface area contributed by atoms with Crippen molar-refractivity contribution in [1.82, 2.24) is 5.06 Å². The molecule has 160 valence electrons. The molecule has 3 rings (SSSR count). The Morgan fingerprint density at radius 3 is 2.70 bits per heavy atom. The molecule has 0 bridgehead atoms. The Kier molecular flexibility index (Phi) is 6.86. The number of hydroxylamine groups is 2. The van der Waals surface area contributed by atoms with Gasteiger partial charge in [0.15, 0.2) is 0 Å². The fourth-order valence-electron chi connectivity index (χ4n) is 3.53. The Hall–Kier alpha value is -2.34. The Morgan fingerprint density at radius 1 is 1.30 bits per heavy atom. The molecule has 1 aliphatic heterocycles. The largest absolute Gasteiger partial charge is 0.416 e. The van der Waals surface area contributed by atoms with Crippen LogP contribution in [0.1, 0.15) is 30.0 Å². The third-order valence-corrected chi connectivity index (χ3v) is 5.40. The zero-order valence-electron chi connectivity index (χ0n) is 16.2. The van der Waals surface area contributed by atoms with Crippen LogP contribution in [0, 0.1) is 17.1 Å². The van der Waals surface area contributed by atoms with Crippen LogP contribution in [0.4, 0.5) is 23.2 Å². The lowest BCUT2D eigenvalue weighted by Gasteiger charge is -2.40. The van der Waals surface area contributed by atoms with Gasteiger partial charge in [0, 0.05) is 36.9 Å². The van der Waals surface area contributed by atoms with Gasteiger partial charge in [-0.1, -0.05) is 24.6 Å². The fraction of sp³-hybridized carbons (Fsp3) is 0.381. The smallest absolute Gasteiger partial charge is 0.363 e. The zero-order valence-corrected chi connectivity index (χ0v) is 17.0. The van der Waals surface area contributed by atoms with Crippen molar-refractivity contribution in [3.8, 4) is 6.07 Å². The number of anilines is 1. The predicted octanol–water partition coefficient (Wildman–Crippen LogP) is 5.40. The van der Waals surface area contributed by atoms with Crippen molar-refractivity contribution < 1.29 is 22.4 Å².